The number of carbonyl (C=O) groups is 2. The van der Waals surface area contributed by atoms with Gasteiger partial charge in [-0.1, -0.05) is 0 Å². The van der Waals surface area contributed by atoms with Gasteiger partial charge >= 0.3 is 5.97 Å². The highest BCUT2D eigenvalue weighted by Gasteiger charge is 2.26. The van der Waals surface area contributed by atoms with Crippen molar-refractivity contribution in [2.75, 3.05) is 19.7 Å². The number of aryl methyl sites for hydroxylation is 1. The van der Waals surface area contributed by atoms with Gasteiger partial charge in [-0.15, -0.1) is 0 Å². The molecular formula is C19H25N3O5. The van der Waals surface area contributed by atoms with Crippen molar-refractivity contribution in [1.82, 2.24) is 9.88 Å². The maximum Gasteiger partial charge on any atom is 0.306 e. The quantitative estimate of drug-likeness (QED) is 0.768. The van der Waals surface area contributed by atoms with E-state index in [2.05, 4.69) is 4.98 Å². The second kappa shape index (κ2) is 8.82. The number of ether oxygens (including phenoxy) is 2. The minimum absolute atomic E-state index is 0.0473. The predicted molar refractivity (Wildman–Crippen MR) is 97.1 cm³/mol. The van der Waals surface area contributed by atoms with E-state index in [0.29, 0.717) is 30.8 Å². The molecular weight excluding hydrogens is 350 g/mol. The van der Waals surface area contributed by atoms with Crippen LogP contribution in [0.25, 0.3) is 0 Å². The molecule has 1 aromatic rings. The van der Waals surface area contributed by atoms with Crippen molar-refractivity contribution in [1.29, 1.82) is 5.26 Å². The topological polar surface area (TPSA) is 112 Å². The van der Waals surface area contributed by atoms with E-state index in [1.54, 1.807) is 18.7 Å². The Morgan fingerprint density at radius 2 is 1.93 bits per heavy atom. The van der Waals surface area contributed by atoms with Crippen molar-refractivity contribution >= 4 is 11.9 Å². The molecule has 1 saturated heterocycles. The first-order chi connectivity index (χ1) is 12.7. The normalized spacial score (nSPS) is 19.4. The molecule has 0 aliphatic carbocycles. The first-order valence-electron chi connectivity index (χ1n) is 8.94. The van der Waals surface area contributed by atoms with Crippen LogP contribution in [0.5, 0.6) is 0 Å². The molecule has 27 heavy (non-hydrogen) atoms. The van der Waals surface area contributed by atoms with Gasteiger partial charge in [-0.05, 0) is 45.2 Å². The zero-order valence-corrected chi connectivity index (χ0v) is 16.1. The molecule has 1 fully saturated rings. The van der Waals surface area contributed by atoms with Crippen molar-refractivity contribution in [2.45, 2.75) is 52.7 Å². The van der Waals surface area contributed by atoms with Crippen LogP contribution in [0.4, 0.5) is 0 Å². The molecule has 0 radical (unpaired) electrons. The Balaban J connectivity index is 1.89. The third kappa shape index (κ3) is 5.17. The Kier molecular flexibility index (Phi) is 6.75. The van der Waals surface area contributed by atoms with E-state index in [9.17, 15) is 14.4 Å². The Bertz CT molecular complexity index is 814. The lowest BCUT2D eigenvalue weighted by molar-refractivity contribution is -0.157. The maximum absolute atomic E-state index is 12.2. The zero-order chi connectivity index (χ0) is 20.1. The smallest absolute Gasteiger partial charge is 0.306 e. The number of hydrogen-bond acceptors (Lipinski definition) is 6. The SMILES string of the molecule is Cc1[nH]c(=O)c(C#N)c(C)c1CCC(=O)OCC(=O)N1C[C@@H](C)O[C@H](C)C1. The number of H-pyrrole nitrogens is 1. The van der Waals surface area contributed by atoms with E-state index in [4.69, 9.17) is 14.7 Å². The van der Waals surface area contributed by atoms with Crippen LogP contribution in [0.2, 0.25) is 0 Å². The summed E-state index contributed by atoms with van der Waals surface area (Å²) in [6.45, 7) is 7.86. The number of aromatic nitrogens is 1. The number of aromatic amines is 1. The Morgan fingerprint density at radius 3 is 2.52 bits per heavy atom. The average Bonchev–Trinajstić information content (AvgIpc) is 2.58. The van der Waals surface area contributed by atoms with Gasteiger partial charge in [-0.25, -0.2) is 0 Å². The van der Waals surface area contributed by atoms with Gasteiger partial charge in [-0.3, -0.25) is 14.4 Å². The second-order valence-corrected chi connectivity index (χ2v) is 6.89. The van der Waals surface area contributed by atoms with Crippen LogP contribution in [-0.4, -0.2) is 53.7 Å². The molecule has 8 nitrogen and oxygen atoms in total. The van der Waals surface area contributed by atoms with Crippen molar-refractivity contribution < 1.29 is 19.1 Å². The summed E-state index contributed by atoms with van der Waals surface area (Å²) in [5, 5.41) is 9.09. The van der Waals surface area contributed by atoms with Crippen LogP contribution in [0.15, 0.2) is 4.79 Å². The van der Waals surface area contributed by atoms with Gasteiger partial charge in [0.25, 0.3) is 11.5 Å². The molecule has 0 spiro atoms. The van der Waals surface area contributed by atoms with Crippen molar-refractivity contribution in [3.8, 4) is 6.07 Å². The maximum atomic E-state index is 12.2. The van der Waals surface area contributed by atoms with Gasteiger partial charge < -0.3 is 19.4 Å². The van der Waals surface area contributed by atoms with Gasteiger partial charge in [0.1, 0.15) is 11.6 Å². The molecule has 0 aromatic carbocycles. The third-order valence-corrected chi connectivity index (χ3v) is 4.63. The van der Waals surface area contributed by atoms with Gasteiger partial charge in [0, 0.05) is 25.2 Å². The number of hydrogen-bond donors (Lipinski definition) is 1. The Labute approximate surface area is 158 Å². The Hall–Kier alpha value is -2.66. The average molecular weight is 375 g/mol. The largest absolute Gasteiger partial charge is 0.456 e. The fourth-order valence-electron chi connectivity index (χ4n) is 3.33. The van der Waals surface area contributed by atoms with Crippen LogP contribution in [0, 0.1) is 25.2 Å². The van der Waals surface area contributed by atoms with Crippen LogP contribution in [0.3, 0.4) is 0 Å². The van der Waals surface area contributed by atoms with Crippen molar-refractivity contribution in [2.24, 2.45) is 0 Å². The van der Waals surface area contributed by atoms with Crippen LogP contribution in [-0.2, 0) is 25.5 Å². The molecule has 1 aromatic heterocycles. The lowest BCUT2D eigenvalue weighted by atomic mass is 9.99. The summed E-state index contributed by atoms with van der Waals surface area (Å²) in [6, 6.07) is 1.88. The highest BCUT2D eigenvalue weighted by atomic mass is 16.5. The number of nitrogens with zero attached hydrogens (tertiary/aromatic N) is 2. The minimum atomic E-state index is -0.499. The first-order valence-corrected chi connectivity index (χ1v) is 8.94. The molecule has 1 N–H and O–H groups in total. The molecule has 2 heterocycles. The first kappa shape index (κ1) is 20.6. The summed E-state index contributed by atoms with van der Waals surface area (Å²) >= 11 is 0. The van der Waals surface area contributed by atoms with Crippen LogP contribution in [0.1, 0.15) is 42.7 Å². The summed E-state index contributed by atoms with van der Waals surface area (Å²) in [6.07, 6.45) is 0.284. The molecule has 0 bridgehead atoms. The highest BCUT2D eigenvalue weighted by Crippen LogP contribution is 2.15. The van der Waals surface area contributed by atoms with E-state index < -0.39 is 11.5 Å². The number of nitrogens with one attached hydrogen (secondary N) is 1. The number of pyridine rings is 1. The van der Waals surface area contributed by atoms with Gasteiger partial charge in [0.2, 0.25) is 0 Å². The second-order valence-electron chi connectivity index (χ2n) is 6.89. The van der Waals surface area contributed by atoms with Crippen molar-refractivity contribution in [3.05, 3.63) is 32.7 Å². The van der Waals surface area contributed by atoms with Crippen molar-refractivity contribution in [3.63, 3.8) is 0 Å². The fraction of sp³-hybridized carbons (Fsp3) is 0.579. The van der Waals surface area contributed by atoms with Gasteiger partial charge in [0.15, 0.2) is 6.61 Å². The molecule has 8 heteroatoms. The number of morpholine rings is 1. The van der Waals surface area contributed by atoms with E-state index in [0.717, 1.165) is 5.56 Å². The number of rotatable bonds is 5. The number of carbonyl (C=O) groups excluding carboxylic acids is 2. The van der Waals surface area contributed by atoms with Gasteiger partial charge in [-0.2, -0.15) is 5.26 Å². The number of amides is 1. The summed E-state index contributed by atoms with van der Waals surface area (Å²) in [5.41, 5.74) is 1.55. The van der Waals surface area contributed by atoms with E-state index in [1.807, 2.05) is 19.9 Å². The van der Waals surface area contributed by atoms with Crippen LogP contribution >= 0.6 is 0 Å². The lowest BCUT2D eigenvalue weighted by Gasteiger charge is -2.35. The molecule has 2 rings (SSSR count). The standard InChI is InChI=1S/C19H25N3O5/c1-11-8-22(9-12(2)27-11)17(23)10-26-18(24)6-5-15-13(3)16(7-20)19(25)21-14(15)4/h11-12H,5-6,8-10H2,1-4H3,(H,21,25)/t11-,12-/m1/s1. The Morgan fingerprint density at radius 1 is 1.30 bits per heavy atom. The summed E-state index contributed by atoms with van der Waals surface area (Å²) in [4.78, 5) is 40.2. The van der Waals surface area contributed by atoms with E-state index in [1.165, 1.54) is 0 Å². The minimum Gasteiger partial charge on any atom is -0.456 e. The molecule has 146 valence electrons. The summed E-state index contributed by atoms with van der Waals surface area (Å²) < 4.78 is 10.7. The monoisotopic (exact) mass is 375 g/mol. The van der Waals surface area contributed by atoms with E-state index >= 15 is 0 Å². The number of esters is 1. The van der Waals surface area contributed by atoms with Crippen LogP contribution < -0.4 is 5.56 Å². The molecule has 1 aliphatic rings. The predicted octanol–water partition coefficient (Wildman–Crippen LogP) is 0.975. The molecule has 1 aliphatic heterocycles. The zero-order valence-electron chi connectivity index (χ0n) is 16.1. The molecule has 2 atom stereocenters. The van der Waals surface area contributed by atoms with E-state index in [-0.39, 0.29) is 36.7 Å². The summed E-state index contributed by atoms with van der Waals surface area (Å²) in [5.74, 6) is -0.741. The van der Waals surface area contributed by atoms with Gasteiger partial charge in [0.05, 0.1) is 12.2 Å². The molecule has 0 saturated carbocycles. The number of nitriles is 1. The third-order valence-electron chi connectivity index (χ3n) is 4.63. The molecule has 1 amide bonds. The molecule has 0 unspecified atom stereocenters. The highest BCUT2D eigenvalue weighted by molar-refractivity contribution is 5.80. The summed E-state index contributed by atoms with van der Waals surface area (Å²) in [7, 11) is 0. The fourth-order valence-corrected chi connectivity index (χ4v) is 3.33. The lowest BCUT2D eigenvalue weighted by Crippen LogP contribution is -2.49.